The maximum absolute atomic E-state index is 9.25. The zero-order chi connectivity index (χ0) is 14.9. The third-order valence-electron chi connectivity index (χ3n) is 3.35. The molecule has 0 aromatic heterocycles. The predicted molar refractivity (Wildman–Crippen MR) is 83.0 cm³/mol. The average Bonchev–Trinajstić information content (AvgIpc) is 2.54. The van der Waals surface area contributed by atoms with Crippen LogP contribution in [-0.4, -0.2) is 35.8 Å². The van der Waals surface area contributed by atoms with Crippen LogP contribution in [0, 0.1) is 12.1 Å². The van der Waals surface area contributed by atoms with E-state index < -0.39 is 0 Å². The van der Waals surface area contributed by atoms with Gasteiger partial charge in [-0.3, -0.25) is 4.90 Å². The molecule has 1 unspecified atom stereocenters. The second kappa shape index (κ2) is 8.31. The Balaban J connectivity index is 1.90. The molecule has 110 valence electrons. The number of hydrogen-bond donors (Lipinski definition) is 1. The Morgan fingerprint density at radius 1 is 1.19 bits per heavy atom. The maximum Gasteiger partial charge on any atom is 0.119 e. The summed E-state index contributed by atoms with van der Waals surface area (Å²) in [7, 11) is 0. The zero-order valence-electron chi connectivity index (χ0n) is 12.3. The van der Waals surface area contributed by atoms with Crippen molar-refractivity contribution in [3.63, 3.8) is 0 Å². The van der Waals surface area contributed by atoms with Gasteiger partial charge in [-0.2, -0.15) is 0 Å². The smallest absolute Gasteiger partial charge is 0.119 e. The van der Waals surface area contributed by atoms with Gasteiger partial charge in [0.25, 0.3) is 0 Å². The maximum atomic E-state index is 9.25. The molecule has 0 saturated carbocycles. The van der Waals surface area contributed by atoms with Crippen LogP contribution in [0.2, 0.25) is 0 Å². The van der Waals surface area contributed by atoms with Gasteiger partial charge in [0.05, 0.1) is 6.61 Å². The minimum Gasteiger partial charge on any atom is -0.492 e. The Labute approximate surface area is 126 Å². The Morgan fingerprint density at radius 2 is 2.00 bits per heavy atom. The van der Waals surface area contributed by atoms with Crippen LogP contribution in [0.1, 0.15) is 12.5 Å². The average molecular weight is 283 g/mol. The van der Waals surface area contributed by atoms with E-state index >= 15 is 0 Å². The Kier molecular flexibility index (Phi) is 6.08. The summed E-state index contributed by atoms with van der Waals surface area (Å²) < 4.78 is 5.80. The number of benzene rings is 1. The minimum atomic E-state index is 0.137. The molecule has 0 aliphatic carbocycles. The number of aliphatic hydroxyl groups excluding tert-OH is 1. The van der Waals surface area contributed by atoms with Crippen molar-refractivity contribution in [2.24, 2.45) is 0 Å². The molecule has 0 amide bonds. The molecule has 0 aliphatic rings. The fraction of sp³-hybridized carbons (Fsp3) is 0.333. The number of ether oxygens (including phenoxy) is 1. The highest BCUT2D eigenvalue weighted by Crippen LogP contribution is 2.12. The van der Waals surface area contributed by atoms with Crippen molar-refractivity contribution in [2.45, 2.75) is 19.5 Å². The first-order valence-electron chi connectivity index (χ1n) is 7.19. The molecule has 0 saturated heterocycles. The molecular formula is C18H21NO2. The summed E-state index contributed by atoms with van der Waals surface area (Å²) >= 11 is 0. The molecule has 0 aliphatic heterocycles. The van der Waals surface area contributed by atoms with Crippen LogP contribution >= 0.6 is 0 Å². The molecule has 0 spiro atoms. The highest BCUT2D eigenvalue weighted by molar-refractivity contribution is 5.21. The van der Waals surface area contributed by atoms with Crippen LogP contribution in [-0.2, 0) is 6.54 Å². The second-order valence-corrected chi connectivity index (χ2v) is 5.01. The van der Waals surface area contributed by atoms with Gasteiger partial charge in [0.15, 0.2) is 0 Å². The van der Waals surface area contributed by atoms with Crippen molar-refractivity contribution >= 4 is 0 Å². The van der Waals surface area contributed by atoms with Gasteiger partial charge in [-0.1, -0.05) is 30.3 Å². The molecule has 3 nitrogen and oxygen atoms in total. The summed E-state index contributed by atoms with van der Waals surface area (Å²) in [6, 6.07) is 21.7. The lowest BCUT2D eigenvalue weighted by Crippen LogP contribution is -2.38. The SMILES string of the molecule is CC(COc1ccccc1)N(CCO)Cc1cc#ccc1. The van der Waals surface area contributed by atoms with E-state index in [1.54, 1.807) is 0 Å². The number of para-hydroxylation sites is 1. The minimum absolute atomic E-state index is 0.137. The molecule has 2 aromatic rings. The van der Waals surface area contributed by atoms with Crippen molar-refractivity contribution in [1.82, 2.24) is 4.90 Å². The lowest BCUT2D eigenvalue weighted by Gasteiger charge is -2.28. The second-order valence-electron chi connectivity index (χ2n) is 5.01. The van der Waals surface area contributed by atoms with Crippen LogP contribution < -0.4 is 4.74 Å². The van der Waals surface area contributed by atoms with Crippen LogP contribution in [0.5, 0.6) is 5.75 Å². The van der Waals surface area contributed by atoms with Gasteiger partial charge in [0.2, 0.25) is 0 Å². The van der Waals surface area contributed by atoms with Gasteiger partial charge in [0.1, 0.15) is 12.4 Å². The van der Waals surface area contributed by atoms with E-state index in [4.69, 9.17) is 4.74 Å². The summed E-state index contributed by atoms with van der Waals surface area (Å²) in [5.74, 6) is 0.871. The predicted octanol–water partition coefficient (Wildman–Crippen LogP) is 2.55. The first-order chi connectivity index (χ1) is 10.3. The summed E-state index contributed by atoms with van der Waals surface area (Å²) in [6.07, 6.45) is 0. The lowest BCUT2D eigenvalue weighted by molar-refractivity contribution is 0.114. The summed E-state index contributed by atoms with van der Waals surface area (Å²) in [6.45, 7) is 4.23. The van der Waals surface area contributed by atoms with E-state index in [-0.39, 0.29) is 12.6 Å². The largest absolute Gasteiger partial charge is 0.492 e. The fourth-order valence-corrected chi connectivity index (χ4v) is 2.13. The van der Waals surface area contributed by atoms with Gasteiger partial charge in [-0.15, -0.1) is 0 Å². The highest BCUT2D eigenvalue weighted by Gasteiger charge is 2.14. The van der Waals surface area contributed by atoms with Crippen LogP contribution in [0.25, 0.3) is 0 Å². The monoisotopic (exact) mass is 283 g/mol. The van der Waals surface area contributed by atoms with E-state index in [1.807, 2.05) is 48.5 Å². The van der Waals surface area contributed by atoms with Gasteiger partial charge < -0.3 is 9.84 Å². The van der Waals surface area contributed by atoms with Crippen molar-refractivity contribution in [3.05, 3.63) is 66.2 Å². The van der Waals surface area contributed by atoms with E-state index in [9.17, 15) is 5.11 Å². The van der Waals surface area contributed by atoms with Crippen molar-refractivity contribution in [1.29, 1.82) is 0 Å². The first-order valence-corrected chi connectivity index (χ1v) is 7.19. The van der Waals surface area contributed by atoms with Gasteiger partial charge >= 0.3 is 0 Å². The van der Waals surface area contributed by atoms with Crippen molar-refractivity contribution < 1.29 is 9.84 Å². The molecule has 1 atom stereocenters. The molecule has 1 N–H and O–H groups in total. The topological polar surface area (TPSA) is 32.7 Å². The molecule has 21 heavy (non-hydrogen) atoms. The van der Waals surface area contributed by atoms with Gasteiger partial charge in [-0.25, -0.2) is 0 Å². The molecule has 3 heteroatoms. The normalized spacial score (nSPS) is 12.0. The molecule has 0 radical (unpaired) electrons. The van der Waals surface area contributed by atoms with E-state index in [2.05, 4.69) is 24.0 Å². The lowest BCUT2D eigenvalue weighted by atomic mass is 10.2. The molecule has 0 fully saturated rings. The molecule has 0 bridgehead atoms. The first kappa shape index (κ1) is 15.4. The number of nitrogens with zero attached hydrogens (tertiary/aromatic N) is 1. The Bertz CT molecular complexity index is 501. The Morgan fingerprint density at radius 3 is 2.67 bits per heavy atom. The van der Waals surface area contributed by atoms with Crippen molar-refractivity contribution in [3.8, 4) is 5.75 Å². The summed E-state index contributed by atoms with van der Waals surface area (Å²) in [5.41, 5.74) is 1.16. The molecular weight excluding hydrogens is 262 g/mol. The Hall–Kier alpha value is -2.02. The number of aliphatic hydroxyl groups is 1. The zero-order valence-corrected chi connectivity index (χ0v) is 12.3. The quantitative estimate of drug-likeness (QED) is 0.808. The molecule has 0 heterocycles. The van der Waals surface area contributed by atoms with Crippen molar-refractivity contribution in [2.75, 3.05) is 19.8 Å². The van der Waals surface area contributed by atoms with E-state index in [0.29, 0.717) is 13.2 Å². The standard InChI is InChI=1S/C18H21NO2/c1-16(15-21-18-10-6-3-7-11-18)19(12-13-20)14-17-8-4-2-5-9-17/h3-4,6-11,16,20H,12-15H2,1H3. The van der Waals surface area contributed by atoms with E-state index in [0.717, 1.165) is 17.9 Å². The molecule has 2 rings (SSSR count). The third kappa shape index (κ3) is 5.11. The molecule has 2 aromatic carbocycles. The number of hydrogen-bond acceptors (Lipinski definition) is 3. The third-order valence-corrected chi connectivity index (χ3v) is 3.35. The van der Waals surface area contributed by atoms with Gasteiger partial charge in [-0.05, 0) is 42.8 Å². The highest BCUT2D eigenvalue weighted by atomic mass is 16.5. The van der Waals surface area contributed by atoms with Crippen LogP contribution in [0.15, 0.2) is 48.5 Å². The van der Waals surface area contributed by atoms with Gasteiger partial charge in [0, 0.05) is 19.1 Å². The van der Waals surface area contributed by atoms with E-state index in [1.165, 1.54) is 0 Å². The summed E-state index contributed by atoms with van der Waals surface area (Å²) in [5, 5.41) is 9.25. The summed E-state index contributed by atoms with van der Waals surface area (Å²) in [4.78, 5) is 2.20. The fourth-order valence-electron chi connectivity index (χ4n) is 2.13. The van der Waals surface area contributed by atoms with Crippen LogP contribution in [0.3, 0.4) is 0 Å². The number of rotatable bonds is 8. The van der Waals surface area contributed by atoms with Crippen LogP contribution in [0.4, 0.5) is 0 Å².